The van der Waals surface area contributed by atoms with Gasteiger partial charge in [0, 0.05) is 34.3 Å². The maximum Gasteiger partial charge on any atom is 0.268 e. The van der Waals surface area contributed by atoms with Crippen molar-refractivity contribution < 1.29 is 8.42 Å². The van der Waals surface area contributed by atoms with Crippen molar-refractivity contribution in [3.8, 4) is 11.1 Å². The molecule has 6 heteroatoms. The van der Waals surface area contributed by atoms with E-state index in [1.807, 2.05) is 45.3 Å². The minimum absolute atomic E-state index is 0.337. The van der Waals surface area contributed by atoms with Gasteiger partial charge in [0.2, 0.25) is 0 Å². The van der Waals surface area contributed by atoms with Gasteiger partial charge in [0.1, 0.15) is 0 Å². The third-order valence-electron chi connectivity index (χ3n) is 4.70. The van der Waals surface area contributed by atoms with Crippen molar-refractivity contribution in [2.75, 3.05) is 20.6 Å². The summed E-state index contributed by atoms with van der Waals surface area (Å²) < 4.78 is 27.7. The van der Waals surface area contributed by atoms with E-state index in [4.69, 9.17) is 11.6 Å². The minimum atomic E-state index is -3.60. The van der Waals surface area contributed by atoms with Crippen LogP contribution in [0.3, 0.4) is 0 Å². The van der Waals surface area contributed by atoms with E-state index in [0.29, 0.717) is 9.92 Å². The Kier molecular flexibility index (Phi) is 3.72. The van der Waals surface area contributed by atoms with Crippen LogP contribution >= 0.6 is 11.6 Å². The number of aryl methyl sites for hydroxylation is 1. The predicted octanol–water partition coefficient (Wildman–Crippen LogP) is 3.92. The lowest BCUT2D eigenvalue weighted by Crippen LogP contribution is -2.17. The van der Waals surface area contributed by atoms with Crippen LogP contribution in [0.1, 0.15) is 11.1 Å². The summed E-state index contributed by atoms with van der Waals surface area (Å²) in [5, 5.41) is 1.54. The molecule has 2 heterocycles. The van der Waals surface area contributed by atoms with Gasteiger partial charge in [-0.1, -0.05) is 23.2 Å². The van der Waals surface area contributed by atoms with Gasteiger partial charge in [-0.05, 0) is 57.3 Å². The second kappa shape index (κ2) is 5.59. The van der Waals surface area contributed by atoms with Gasteiger partial charge in [-0.3, -0.25) is 0 Å². The lowest BCUT2D eigenvalue weighted by atomic mass is 9.99. The van der Waals surface area contributed by atoms with Crippen molar-refractivity contribution >= 4 is 32.5 Å². The zero-order valence-corrected chi connectivity index (χ0v) is 15.9. The largest absolute Gasteiger partial charge is 0.309 e. The van der Waals surface area contributed by atoms with Gasteiger partial charge >= 0.3 is 0 Å². The highest BCUT2D eigenvalue weighted by Gasteiger charge is 2.31. The van der Waals surface area contributed by atoms with Crippen LogP contribution in [-0.2, 0) is 16.4 Å². The molecule has 0 bridgehead atoms. The Morgan fingerprint density at radius 2 is 1.88 bits per heavy atom. The summed E-state index contributed by atoms with van der Waals surface area (Å²) in [5.74, 6) is 0. The number of rotatable bonds is 3. The second-order valence-electron chi connectivity index (χ2n) is 6.86. The van der Waals surface area contributed by atoms with E-state index in [9.17, 15) is 8.42 Å². The summed E-state index contributed by atoms with van der Waals surface area (Å²) in [7, 11) is 0.415. The molecule has 0 aliphatic carbocycles. The predicted molar refractivity (Wildman–Crippen MR) is 102 cm³/mol. The standard InChI is InChI=1S/C19H19ClN2O2S/c1-12-4-5-18-16(8-12)17-10-14(20)9-15-13(6-7-21(2)3)11-22(19(15)17)25(18,23)24/h4-5,8-11H,6-7H2,1-3H3. The van der Waals surface area contributed by atoms with E-state index >= 15 is 0 Å². The van der Waals surface area contributed by atoms with E-state index in [-0.39, 0.29) is 0 Å². The molecule has 25 heavy (non-hydrogen) atoms. The highest BCUT2D eigenvalue weighted by molar-refractivity contribution is 7.90. The molecular formula is C19H19ClN2O2S. The highest BCUT2D eigenvalue weighted by atomic mass is 35.5. The molecule has 1 aromatic heterocycles. The number of halogens is 1. The van der Waals surface area contributed by atoms with Gasteiger partial charge < -0.3 is 4.90 Å². The van der Waals surface area contributed by atoms with E-state index < -0.39 is 10.0 Å². The van der Waals surface area contributed by atoms with Crippen molar-refractivity contribution in [1.29, 1.82) is 0 Å². The van der Waals surface area contributed by atoms with Crippen molar-refractivity contribution in [3.05, 3.63) is 52.7 Å². The maximum atomic E-state index is 13.1. The number of nitrogens with zero attached hydrogens (tertiary/aromatic N) is 2. The minimum Gasteiger partial charge on any atom is -0.309 e. The fourth-order valence-electron chi connectivity index (χ4n) is 3.48. The zero-order chi connectivity index (χ0) is 17.9. The Bertz CT molecular complexity index is 1110. The molecule has 1 aliphatic rings. The van der Waals surface area contributed by atoms with Crippen LogP contribution < -0.4 is 0 Å². The molecule has 0 atom stereocenters. The molecule has 0 saturated carbocycles. The van der Waals surface area contributed by atoms with E-state index in [1.165, 1.54) is 3.97 Å². The van der Waals surface area contributed by atoms with Gasteiger partial charge in [0.25, 0.3) is 10.0 Å². The molecule has 3 aromatic rings. The summed E-state index contributed by atoms with van der Waals surface area (Å²) in [4.78, 5) is 2.42. The van der Waals surface area contributed by atoms with Gasteiger partial charge in [0.15, 0.2) is 0 Å². The molecule has 0 radical (unpaired) electrons. The van der Waals surface area contributed by atoms with E-state index in [0.717, 1.165) is 46.1 Å². The molecule has 2 aromatic carbocycles. The van der Waals surface area contributed by atoms with Crippen molar-refractivity contribution in [1.82, 2.24) is 8.87 Å². The van der Waals surface area contributed by atoms with Gasteiger partial charge in [-0.25, -0.2) is 12.4 Å². The number of benzene rings is 2. The smallest absolute Gasteiger partial charge is 0.268 e. The summed E-state index contributed by atoms with van der Waals surface area (Å²) in [6.07, 6.45) is 2.52. The second-order valence-corrected chi connectivity index (χ2v) is 9.08. The van der Waals surface area contributed by atoms with Crippen LogP contribution in [0.2, 0.25) is 5.02 Å². The molecule has 1 aliphatic heterocycles. The average molecular weight is 375 g/mol. The fourth-order valence-corrected chi connectivity index (χ4v) is 5.30. The molecule has 0 unspecified atom stereocenters. The van der Waals surface area contributed by atoms with Crippen LogP contribution in [0.4, 0.5) is 0 Å². The van der Waals surface area contributed by atoms with Gasteiger partial charge in [0.05, 0.1) is 10.4 Å². The van der Waals surface area contributed by atoms with Crippen LogP contribution in [0.15, 0.2) is 41.4 Å². The summed E-state index contributed by atoms with van der Waals surface area (Å²) >= 11 is 6.38. The average Bonchev–Trinajstić information content (AvgIpc) is 2.90. The lowest BCUT2D eigenvalue weighted by Gasteiger charge is -2.20. The Morgan fingerprint density at radius 1 is 1.12 bits per heavy atom. The molecular weight excluding hydrogens is 356 g/mol. The first-order chi connectivity index (χ1) is 11.8. The Balaban J connectivity index is 2.09. The molecule has 0 N–H and O–H groups in total. The van der Waals surface area contributed by atoms with E-state index in [2.05, 4.69) is 4.90 Å². The van der Waals surface area contributed by atoms with Crippen LogP contribution in [0, 0.1) is 6.92 Å². The molecule has 0 fully saturated rings. The summed E-state index contributed by atoms with van der Waals surface area (Å²) in [6.45, 7) is 2.80. The molecule has 4 nitrogen and oxygen atoms in total. The van der Waals surface area contributed by atoms with Crippen molar-refractivity contribution in [3.63, 3.8) is 0 Å². The van der Waals surface area contributed by atoms with Gasteiger partial charge in [-0.15, -0.1) is 0 Å². The summed E-state index contributed by atoms with van der Waals surface area (Å²) in [6, 6.07) is 9.18. The van der Waals surface area contributed by atoms with Gasteiger partial charge in [-0.2, -0.15) is 0 Å². The molecule has 0 amide bonds. The van der Waals surface area contributed by atoms with Crippen molar-refractivity contribution in [2.45, 2.75) is 18.2 Å². The molecule has 0 spiro atoms. The highest BCUT2D eigenvalue weighted by Crippen LogP contribution is 2.43. The van der Waals surface area contributed by atoms with Crippen molar-refractivity contribution in [2.24, 2.45) is 0 Å². The maximum absolute atomic E-state index is 13.1. The number of likely N-dealkylation sites (N-methyl/N-ethyl adjacent to an activating group) is 1. The first kappa shape index (κ1) is 16.6. The molecule has 0 saturated heterocycles. The van der Waals surface area contributed by atoms with Crippen LogP contribution in [-0.4, -0.2) is 37.9 Å². The SMILES string of the molecule is Cc1ccc2c(c1)-c1cc(Cl)cc3c(CCN(C)C)cn(c13)S2(=O)=O. The third kappa shape index (κ3) is 2.49. The van der Waals surface area contributed by atoms with Crippen LogP contribution in [0.5, 0.6) is 0 Å². The first-order valence-corrected chi connectivity index (χ1v) is 9.95. The number of hydrogen-bond donors (Lipinski definition) is 0. The Hall–Kier alpha value is -1.82. The Labute approximate surface area is 152 Å². The lowest BCUT2D eigenvalue weighted by molar-refractivity contribution is 0.414. The monoisotopic (exact) mass is 374 g/mol. The number of aromatic nitrogens is 1. The normalized spacial score (nSPS) is 14.9. The zero-order valence-electron chi connectivity index (χ0n) is 14.4. The third-order valence-corrected chi connectivity index (χ3v) is 6.64. The quantitative estimate of drug-likeness (QED) is 0.545. The van der Waals surface area contributed by atoms with E-state index in [1.54, 1.807) is 12.3 Å². The number of fused-ring (bicyclic) bond motifs is 2. The first-order valence-electron chi connectivity index (χ1n) is 8.14. The molecule has 130 valence electrons. The topological polar surface area (TPSA) is 42.3 Å². The fraction of sp³-hybridized carbons (Fsp3) is 0.263. The summed E-state index contributed by atoms with van der Waals surface area (Å²) in [5.41, 5.74) is 4.37. The van der Waals surface area contributed by atoms with Crippen LogP contribution in [0.25, 0.3) is 22.0 Å². The molecule has 4 rings (SSSR count). The number of hydrogen-bond acceptors (Lipinski definition) is 3. The Morgan fingerprint density at radius 3 is 2.60 bits per heavy atom.